The second-order valence-electron chi connectivity index (χ2n) is 5.41. The number of hydrogen-bond donors (Lipinski definition) is 1. The Morgan fingerprint density at radius 1 is 1.29 bits per heavy atom. The van der Waals surface area contributed by atoms with E-state index in [-0.39, 0.29) is 6.61 Å². The van der Waals surface area contributed by atoms with Gasteiger partial charge in [-0.05, 0) is 49.6 Å². The minimum Gasteiger partial charge on any atom is -0.419 e. The minimum atomic E-state index is 0.264. The predicted octanol–water partition coefficient (Wildman–Crippen LogP) is 2.59. The molecule has 0 saturated carbocycles. The smallest absolute Gasteiger partial charge is 0.247 e. The van der Waals surface area contributed by atoms with Crippen LogP contribution in [-0.2, 0) is 6.54 Å². The van der Waals surface area contributed by atoms with Crippen molar-refractivity contribution in [2.75, 3.05) is 19.7 Å². The maximum Gasteiger partial charge on any atom is 0.247 e. The Morgan fingerprint density at radius 2 is 2.10 bits per heavy atom. The van der Waals surface area contributed by atoms with Crippen LogP contribution in [0.1, 0.15) is 18.7 Å². The van der Waals surface area contributed by atoms with Crippen molar-refractivity contribution in [1.29, 1.82) is 0 Å². The van der Waals surface area contributed by atoms with Gasteiger partial charge in [-0.2, -0.15) is 0 Å². The Kier molecular flexibility index (Phi) is 4.53. The predicted molar refractivity (Wildman–Crippen MR) is 79.8 cm³/mol. The number of nitrogens with zero attached hydrogens (tertiary/aromatic N) is 3. The van der Waals surface area contributed by atoms with Crippen LogP contribution in [0.2, 0.25) is 5.02 Å². The van der Waals surface area contributed by atoms with Crippen molar-refractivity contribution in [2.24, 2.45) is 5.92 Å². The van der Waals surface area contributed by atoms with Gasteiger partial charge in [0.05, 0.1) is 6.54 Å². The average molecular weight is 308 g/mol. The van der Waals surface area contributed by atoms with E-state index in [1.807, 2.05) is 12.1 Å². The fourth-order valence-corrected chi connectivity index (χ4v) is 2.82. The van der Waals surface area contributed by atoms with E-state index in [0.717, 1.165) is 31.5 Å². The van der Waals surface area contributed by atoms with Crippen molar-refractivity contribution in [3.8, 4) is 11.5 Å². The van der Waals surface area contributed by atoms with Gasteiger partial charge in [0.25, 0.3) is 0 Å². The standard InChI is InChI=1S/C15H18ClN3O2/c16-13-3-1-12(2-4-13)15-18-17-14(21-15)10-19-7-5-11(9-19)6-8-20/h1-4,11,20H,5-10H2. The molecule has 21 heavy (non-hydrogen) atoms. The second-order valence-corrected chi connectivity index (χ2v) is 5.85. The summed E-state index contributed by atoms with van der Waals surface area (Å²) in [6, 6.07) is 7.35. The molecule has 1 aromatic heterocycles. The fourth-order valence-electron chi connectivity index (χ4n) is 2.69. The molecular formula is C15H18ClN3O2. The maximum absolute atomic E-state index is 8.98. The second kappa shape index (κ2) is 6.56. The van der Waals surface area contributed by atoms with Crippen LogP contribution >= 0.6 is 11.6 Å². The van der Waals surface area contributed by atoms with Gasteiger partial charge in [0.2, 0.25) is 11.8 Å². The van der Waals surface area contributed by atoms with Crippen LogP contribution in [0.25, 0.3) is 11.5 Å². The first kappa shape index (κ1) is 14.5. The van der Waals surface area contributed by atoms with E-state index in [2.05, 4.69) is 15.1 Å². The van der Waals surface area contributed by atoms with Crippen LogP contribution in [0.15, 0.2) is 28.7 Å². The Bertz CT molecular complexity index is 585. The molecule has 3 rings (SSSR count). The van der Waals surface area contributed by atoms with Gasteiger partial charge >= 0.3 is 0 Å². The number of aromatic nitrogens is 2. The normalized spacial score (nSPS) is 19.2. The summed E-state index contributed by atoms with van der Waals surface area (Å²) in [6.45, 7) is 2.94. The lowest BCUT2D eigenvalue weighted by Gasteiger charge is -2.12. The Morgan fingerprint density at radius 3 is 2.86 bits per heavy atom. The molecule has 1 aliphatic heterocycles. The number of halogens is 1. The first-order valence-electron chi connectivity index (χ1n) is 7.16. The Balaban J connectivity index is 1.62. The van der Waals surface area contributed by atoms with Crippen LogP contribution in [0, 0.1) is 5.92 Å². The van der Waals surface area contributed by atoms with Crippen molar-refractivity contribution >= 4 is 11.6 Å². The SMILES string of the molecule is OCCC1CCN(Cc2nnc(-c3ccc(Cl)cc3)o2)C1. The van der Waals surface area contributed by atoms with Gasteiger partial charge in [-0.15, -0.1) is 10.2 Å². The number of rotatable bonds is 5. The molecule has 6 heteroatoms. The molecule has 1 saturated heterocycles. The molecule has 1 N–H and O–H groups in total. The molecule has 1 fully saturated rings. The highest BCUT2D eigenvalue weighted by Crippen LogP contribution is 2.23. The van der Waals surface area contributed by atoms with Crippen molar-refractivity contribution in [1.82, 2.24) is 15.1 Å². The zero-order chi connectivity index (χ0) is 14.7. The first-order valence-corrected chi connectivity index (χ1v) is 7.54. The zero-order valence-corrected chi connectivity index (χ0v) is 12.5. The highest BCUT2D eigenvalue weighted by Gasteiger charge is 2.23. The van der Waals surface area contributed by atoms with Crippen LogP contribution in [0.3, 0.4) is 0 Å². The summed E-state index contributed by atoms with van der Waals surface area (Å²) in [7, 11) is 0. The molecular weight excluding hydrogens is 290 g/mol. The van der Waals surface area contributed by atoms with Gasteiger partial charge in [0, 0.05) is 23.7 Å². The highest BCUT2D eigenvalue weighted by atomic mass is 35.5. The zero-order valence-electron chi connectivity index (χ0n) is 11.7. The summed E-state index contributed by atoms with van der Waals surface area (Å²) in [5.41, 5.74) is 0.873. The molecule has 1 unspecified atom stereocenters. The van der Waals surface area contributed by atoms with E-state index < -0.39 is 0 Å². The summed E-state index contributed by atoms with van der Waals surface area (Å²) in [5, 5.41) is 17.9. The van der Waals surface area contributed by atoms with E-state index >= 15 is 0 Å². The fraction of sp³-hybridized carbons (Fsp3) is 0.467. The largest absolute Gasteiger partial charge is 0.419 e. The third-order valence-electron chi connectivity index (χ3n) is 3.82. The summed E-state index contributed by atoms with van der Waals surface area (Å²) in [6.07, 6.45) is 2.00. The quantitative estimate of drug-likeness (QED) is 0.920. The van der Waals surface area contributed by atoms with Crippen LogP contribution in [0.4, 0.5) is 0 Å². The van der Waals surface area contributed by atoms with Crippen molar-refractivity contribution < 1.29 is 9.52 Å². The van der Waals surface area contributed by atoms with Crippen molar-refractivity contribution in [3.63, 3.8) is 0 Å². The van der Waals surface area contributed by atoms with Gasteiger partial charge < -0.3 is 9.52 Å². The first-order chi connectivity index (χ1) is 10.2. The molecule has 2 heterocycles. The number of aliphatic hydroxyl groups is 1. The summed E-state index contributed by atoms with van der Waals surface area (Å²) in [4.78, 5) is 2.29. The van der Waals surface area contributed by atoms with E-state index in [1.165, 1.54) is 0 Å². The van der Waals surface area contributed by atoms with Crippen LogP contribution < -0.4 is 0 Å². The van der Waals surface area contributed by atoms with Gasteiger partial charge in [-0.3, -0.25) is 4.90 Å². The molecule has 0 spiro atoms. The van der Waals surface area contributed by atoms with Crippen LogP contribution in [-0.4, -0.2) is 39.9 Å². The van der Waals surface area contributed by atoms with Gasteiger partial charge in [-0.25, -0.2) is 0 Å². The molecule has 0 radical (unpaired) electrons. The van der Waals surface area contributed by atoms with Gasteiger partial charge in [-0.1, -0.05) is 11.6 Å². The van der Waals surface area contributed by atoms with E-state index in [0.29, 0.717) is 29.3 Å². The summed E-state index contributed by atoms with van der Waals surface area (Å²) < 4.78 is 5.71. The maximum atomic E-state index is 8.98. The van der Waals surface area contributed by atoms with Gasteiger partial charge in [0.1, 0.15) is 0 Å². The van der Waals surface area contributed by atoms with E-state index in [4.69, 9.17) is 21.1 Å². The van der Waals surface area contributed by atoms with Crippen LogP contribution in [0.5, 0.6) is 0 Å². The van der Waals surface area contributed by atoms with Crippen molar-refractivity contribution in [3.05, 3.63) is 35.2 Å². The summed E-state index contributed by atoms with van der Waals surface area (Å²) in [5.74, 6) is 1.73. The Labute approximate surface area is 128 Å². The highest BCUT2D eigenvalue weighted by molar-refractivity contribution is 6.30. The topological polar surface area (TPSA) is 62.4 Å². The molecule has 0 amide bonds. The monoisotopic (exact) mass is 307 g/mol. The molecule has 1 atom stereocenters. The molecule has 5 nitrogen and oxygen atoms in total. The number of hydrogen-bond acceptors (Lipinski definition) is 5. The summed E-state index contributed by atoms with van der Waals surface area (Å²) >= 11 is 5.87. The molecule has 2 aromatic rings. The lowest BCUT2D eigenvalue weighted by molar-refractivity contribution is 0.243. The molecule has 1 aromatic carbocycles. The third-order valence-corrected chi connectivity index (χ3v) is 4.08. The van der Waals surface area contributed by atoms with E-state index in [1.54, 1.807) is 12.1 Å². The number of likely N-dealkylation sites (tertiary alicyclic amines) is 1. The molecule has 0 aliphatic carbocycles. The van der Waals surface area contributed by atoms with Gasteiger partial charge in [0.15, 0.2) is 0 Å². The Hall–Kier alpha value is -1.43. The molecule has 0 bridgehead atoms. The number of benzene rings is 1. The van der Waals surface area contributed by atoms with E-state index in [9.17, 15) is 0 Å². The minimum absolute atomic E-state index is 0.264. The molecule has 1 aliphatic rings. The third kappa shape index (κ3) is 3.61. The average Bonchev–Trinajstić information content (AvgIpc) is 3.11. The van der Waals surface area contributed by atoms with Crippen molar-refractivity contribution in [2.45, 2.75) is 19.4 Å². The lowest BCUT2D eigenvalue weighted by atomic mass is 10.1. The number of aliphatic hydroxyl groups excluding tert-OH is 1. The molecule has 112 valence electrons. The lowest BCUT2D eigenvalue weighted by Crippen LogP contribution is -2.20.